The number of amides is 1. The van der Waals surface area contributed by atoms with Crippen molar-refractivity contribution in [3.05, 3.63) is 12.3 Å². The fourth-order valence-corrected chi connectivity index (χ4v) is 1.69. The van der Waals surface area contributed by atoms with Crippen molar-refractivity contribution < 1.29 is 19.4 Å². The summed E-state index contributed by atoms with van der Waals surface area (Å²) in [6, 6.07) is 1.71. The SMILES string of the molecule is CC(C)(C)OC(=O)Nc1cnc2c(c1)NC[C@H](CO)O2. The summed E-state index contributed by atoms with van der Waals surface area (Å²) in [5.41, 5.74) is 0.626. The van der Waals surface area contributed by atoms with E-state index in [1.807, 2.05) is 0 Å². The standard InChI is InChI=1S/C13H19N3O4/c1-13(2,3)20-12(18)16-8-4-10-11(15-5-8)19-9(7-17)6-14-10/h4-5,9,14,17H,6-7H2,1-3H3,(H,16,18)/t9-/m1/s1. The lowest BCUT2D eigenvalue weighted by Crippen LogP contribution is -2.34. The van der Waals surface area contributed by atoms with Gasteiger partial charge in [0, 0.05) is 0 Å². The van der Waals surface area contributed by atoms with E-state index >= 15 is 0 Å². The third-order valence-corrected chi connectivity index (χ3v) is 2.50. The van der Waals surface area contributed by atoms with Crippen LogP contribution >= 0.6 is 0 Å². The van der Waals surface area contributed by atoms with E-state index in [4.69, 9.17) is 14.6 Å². The van der Waals surface area contributed by atoms with Crippen LogP contribution in [0.5, 0.6) is 5.88 Å². The summed E-state index contributed by atoms with van der Waals surface area (Å²) in [6.45, 7) is 5.79. The second kappa shape index (κ2) is 5.54. The van der Waals surface area contributed by atoms with Gasteiger partial charge in [0.05, 0.1) is 30.7 Å². The van der Waals surface area contributed by atoms with Gasteiger partial charge in [-0.05, 0) is 26.8 Å². The Hall–Kier alpha value is -2.02. The number of aliphatic hydroxyl groups is 1. The van der Waals surface area contributed by atoms with Crippen LogP contribution in [0.25, 0.3) is 0 Å². The van der Waals surface area contributed by atoms with Gasteiger partial charge in [-0.25, -0.2) is 9.78 Å². The molecule has 7 nitrogen and oxygen atoms in total. The van der Waals surface area contributed by atoms with E-state index in [2.05, 4.69) is 15.6 Å². The van der Waals surface area contributed by atoms with Crippen molar-refractivity contribution in [2.75, 3.05) is 23.8 Å². The first-order valence-electron chi connectivity index (χ1n) is 6.39. The Bertz CT molecular complexity index is 499. The molecule has 1 amide bonds. The highest BCUT2D eigenvalue weighted by Crippen LogP contribution is 2.29. The van der Waals surface area contributed by atoms with E-state index in [-0.39, 0.29) is 12.7 Å². The van der Waals surface area contributed by atoms with Crippen molar-refractivity contribution in [1.29, 1.82) is 0 Å². The second-order valence-corrected chi connectivity index (χ2v) is 5.51. The molecule has 0 radical (unpaired) electrons. The van der Waals surface area contributed by atoms with Crippen molar-refractivity contribution in [3.8, 4) is 5.88 Å². The molecule has 0 saturated heterocycles. The largest absolute Gasteiger partial charge is 0.469 e. The fraction of sp³-hybridized carbons (Fsp3) is 0.538. The third-order valence-electron chi connectivity index (χ3n) is 2.50. The van der Waals surface area contributed by atoms with Gasteiger partial charge in [-0.15, -0.1) is 0 Å². The van der Waals surface area contributed by atoms with E-state index in [0.717, 1.165) is 0 Å². The van der Waals surface area contributed by atoms with Crippen LogP contribution in [0.15, 0.2) is 12.3 Å². The molecule has 2 heterocycles. The third kappa shape index (κ3) is 3.74. The number of carbonyl (C=O) groups is 1. The van der Waals surface area contributed by atoms with Crippen LogP contribution < -0.4 is 15.4 Å². The molecule has 20 heavy (non-hydrogen) atoms. The molecular formula is C13H19N3O4. The zero-order chi connectivity index (χ0) is 14.8. The Kier molecular flexibility index (Phi) is 3.99. The van der Waals surface area contributed by atoms with Crippen LogP contribution in [0.2, 0.25) is 0 Å². The molecule has 1 atom stereocenters. The molecule has 2 rings (SSSR count). The number of aromatic nitrogens is 1. The molecule has 7 heteroatoms. The molecule has 0 aliphatic carbocycles. The first-order chi connectivity index (χ1) is 9.37. The first-order valence-corrected chi connectivity index (χ1v) is 6.39. The van der Waals surface area contributed by atoms with Gasteiger partial charge in [0.15, 0.2) is 0 Å². The summed E-state index contributed by atoms with van der Waals surface area (Å²) in [7, 11) is 0. The van der Waals surface area contributed by atoms with E-state index < -0.39 is 11.7 Å². The quantitative estimate of drug-likeness (QED) is 0.762. The molecule has 0 spiro atoms. The number of nitrogens with one attached hydrogen (secondary N) is 2. The maximum absolute atomic E-state index is 11.6. The summed E-state index contributed by atoms with van der Waals surface area (Å²) in [4.78, 5) is 15.7. The molecule has 1 aromatic heterocycles. The topological polar surface area (TPSA) is 92.7 Å². The predicted octanol–water partition coefficient (Wildman–Crippen LogP) is 1.59. The Morgan fingerprint density at radius 3 is 3.05 bits per heavy atom. The number of fused-ring (bicyclic) bond motifs is 1. The number of rotatable bonds is 2. The highest BCUT2D eigenvalue weighted by molar-refractivity contribution is 5.85. The number of hydrogen-bond donors (Lipinski definition) is 3. The van der Waals surface area contributed by atoms with Gasteiger partial charge in [0.1, 0.15) is 11.7 Å². The van der Waals surface area contributed by atoms with E-state index in [0.29, 0.717) is 23.8 Å². The normalized spacial score (nSPS) is 17.5. The molecule has 1 aromatic rings. The van der Waals surface area contributed by atoms with Crippen LogP contribution in [0.3, 0.4) is 0 Å². The summed E-state index contributed by atoms with van der Waals surface area (Å²) < 4.78 is 10.6. The molecule has 0 unspecified atom stereocenters. The van der Waals surface area contributed by atoms with Crippen LogP contribution in [-0.4, -0.2) is 41.0 Å². The molecule has 0 bridgehead atoms. The van der Waals surface area contributed by atoms with Gasteiger partial charge in [-0.3, -0.25) is 5.32 Å². The van der Waals surface area contributed by atoms with Gasteiger partial charge >= 0.3 is 6.09 Å². The summed E-state index contributed by atoms with van der Waals surface area (Å²) in [5, 5.41) is 14.7. The maximum atomic E-state index is 11.6. The van der Waals surface area contributed by atoms with Gasteiger partial charge in [-0.1, -0.05) is 0 Å². The lowest BCUT2D eigenvalue weighted by Gasteiger charge is -2.25. The smallest absolute Gasteiger partial charge is 0.412 e. The Labute approximate surface area is 117 Å². The number of nitrogens with zero attached hydrogens (tertiary/aromatic N) is 1. The summed E-state index contributed by atoms with van der Waals surface area (Å²) in [6.07, 6.45) is 0.633. The number of aliphatic hydroxyl groups excluding tert-OH is 1. The van der Waals surface area contributed by atoms with Crippen LogP contribution in [0.1, 0.15) is 20.8 Å². The Balaban J connectivity index is 2.03. The van der Waals surface area contributed by atoms with E-state index in [9.17, 15) is 4.79 Å². The zero-order valence-electron chi connectivity index (χ0n) is 11.8. The average molecular weight is 281 g/mol. The van der Waals surface area contributed by atoms with E-state index in [1.54, 1.807) is 26.8 Å². The lowest BCUT2D eigenvalue weighted by molar-refractivity contribution is 0.0636. The fourth-order valence-electron chi connectivity index (χ4n) is 1.69. The average Bonchev–Trinajstić information content (AvgIpc) is 2.35. The zero-order valence-corrected chi connectivity index (χ0v) is 11.8. The second-order valence-electron chi connectivity index (χ2n) is 5.51. The van der Waals surface area contributed by atoms with Crippen molar-refractivity contribution in [1.82, 2.24) is 4.98 Å². The van der Waals surface area contributed by atoms with Crippen molar-refractivity contribution in [2.45, 2.75) is 32.5 Å². The van der Waals surface area contributed by atoms with Crippen LogP contribution in [0, 0.1) is 0 Å². The minimum Gasteiger partial charge on any atom is -0.469 e. The molecule has 3 N–H and O–H groups in total. The number of hydrogen-bond acceptors (Lipinski definition) is 6. The molecular weight excluding hydrogens is 262 g/mol. The molecule has 0 aromatic carbocycles. The minimum atomic E-state index is -0.554. The molecule has 110 valence electrons. The number of ether oxygens (including phenoxy) is 2. The van der Waals surface area contributed by atoms with Crippen LogP contribution in [-0.2, 0) is 4.74 Å². The van der Waals surface area contributed by atoms with Crippen molar-refractivity contribution in [2.24, 2.45) is 0 Å². The van der Waals surface area contributed by atoms with Gasteiger partial charge in [-0.2, -0.15) is 0 Å². The Morgan fingerprint density at radius 2 is 2.40 bits per heavy atom. The van der Waals surface area contributed by atoms with Gasteiger partial charge < -0.3 is 19.9 Å². The van der Waals surface area contributed by atoms with Crippen molar-refractivity contribution >= 4 is 17.5 Å². The monoisotopic (exact) mass is 281 g/mol. The molecule has 1 aliphatic rings. The highest BCUT2D eigenvalue weighted by atomic mass is 16.6. The Morgan fingerprint density at radius 1 is 1.65 bits per heavy atom. The number of anilines is 2. The van der Waals surface area contributed by atoms with Crippen LogP contribution in [0.4, 0.5) is 16.2 Å². The van der Waals surface area contributed by atoms with Gasteiger partial charge in [0.2, 0.25) is 5.88 Å². The molecule has 1 aliphatic heterocycles. The number of pyridine rings is 1. The van der Waals surface area contributed by atoms with Crippen molar-refractivity contribution in [3.63, 3.8) is 0 Å². The summed E-state index contributed by atoms with van der Waals surface area (Å²) >= 11 is 0. The number of carbonyl (C=O) groups excluding carboxylic acids is 1. The van der Waals surface area contributed by atoms with Gasteiger partial charge in [0.25, 0.3) is 0 Å². The summed E-state index contributed by atoms with van der Waals surface area (Å²) in [5.74, 6) is 0.407. The predicted molar refractivity (Wildman–Crippen MR) is 74.1 cm³/mol. The molecule has 0 fully saturated rings. The minimum absolute atomic E-state index is 0.0774. The highest BCUT2D eigenvalue weighted by Gasteiger charge is 2.21. The lowest BCUT2D eigenvalue weighted by atomic mass is 10.2. The first kappa shape index (κ1) is 14.4. The molecule has 0 saturated carbocycles. The maximum Gasteiger partial charge on any atom is 0.412 e. The van der Waals surface area contributed by atoms with E-state index in [1.165, 1.54) is 6.20 Å².